The number of anilines is 1. The van der Waals surface area contributed by atoms with Crippen LogP contribution in [0.2, 0.25) is 0 Å². The monoisotopic (exact) mass is 381 g/mol. The summed E-state index contributed by atoms with van der Waals surface area (Å²) in [7, 11) is 1.58. The van der Waals surface area contributed by atoms with Gasteiger partial charge in [-0.25, -0.2) is 0 Å². The lowest BCUT2D eigenvalue weighted by molar-refractivity contribution is -0.116. The van der Waals surface area contributed by atoms with E-state index in [9.17, 15) is 4.79 Å². The summed E-state index contributed by atoms with van der Waals surface area (Å²) in [6.45, 7) is 4.46. The third-order valence-corrected chi connectivity index (χ3v) is 4.09. The van der Waals surface area contributed by atoms with E-state index in [-0.39, 0.29) is 12.3 Å². The molecule has 0 spiro atoms. The quantitative estimate of drug-likeness (QED) is 0.634. The van der Waals surface area contributed by atoms with Gasteiger partial charge in [-0.3, -0.25) is 4.79 Å². The lowest BCUT2D eigenvalue weighted by atomic mass is 10.2. The van der Waals surface area contributed by atoms with Gasteiger partial charge in [-0.05, 0) is 44.2 Å². The highest BCUT2D eigenvalue weighted by Gasteiger charge is 2.13. The fourth-order valence-corrected chi connectivity index (χ4v) is 2.64. The van der Waals surface area contributed by atoms with Crippen molar-refractivity contribution in [2.45, 2.75) is 26.7 Å². The largest absolute Gasteiger partial charge is 0.493 e. The average molecular weight is 381 g/mol. The van der Waals surface area contributed by atoms with Gasteiger partial charge in [0.15, 0.2) is 11.5 Å². The molecule has 0 fully saturated rings. The Balaban J connectivity index is 1.61. The average Bonchev–Trinajstić information content (AvgIpc) is 3.18. The topological polar surface area (TPSA) is 86.5 Å². The van der Waals surface area contributed by atoms with E-state index in [2.05, 4.69) is 15.5 Å². The summed E-state index contributed by atoms with van der Waals surface area (Å²) in [6.07, 6.45) is 0.612. The molecule has 7 nitrogen and oxygen atoms in total. The van der Waals surface area contributed by atoms with Crippen LogP contribution in [-0.4, -0.2) is 29.8 Å². The molecule has 0 aliphatic rings. The first-order valence-electron chi connectivity index (χ1n) is 9.09. The molecule has 0 aliphatic carbocycles. The summed E-state index contributed by atoms with van der Waals surface area (Å²) >= 11 is 0. The minimum Gasteiger partial charge on any atom is -0.493 e. The molecule has 3 rings (SSSR count). The van der Waals surface area contributed by atoms with Crippen molar-refractivity contribution >= 4 is 11.6 Å². The zero-order valence-corrected chi connectivity index (χ0v) is 16.2. The van der Waals surface area contributed by atoms with Crippen LogP contribution in [0.15, 0.2) is 47.0 Å². The van der Waals surface area contributed by atoms with Gasteiger partial charge in [0.1, 0.15) is 0 Å². The lowest BCUT2D eigenvalue weighted by Crippen LogP contribution is -2.12. The first-order valence-corrected chi connectivity index (χ1v) is 9.09. The zero-order valence-electron chi connectivity index (χ0n) is 16.2. The molecule has 7 heteroatoms. The fourth-order valence-electron chi connectivity index (χ4n) is 2.64. The Hall–Kier alpha value is -3.35. The van der Waals surface area contributed by atoms with Gasteiger partial charge in [0.05, 0.1) is 13.7 Å². The molecule has 0 saturated carbocycles. The van der Waals surface area contributed by atoms with Gasteiger partial charge < -0.3 is 19.3 Å². The highest BCUT2D eigenvalue weighted by atomic mass is 16.5. The maximum Gasteiger partial charge on any atom is 0.227 e. The van der Waals surface area contributed by atoms with E-state index < -0.39 is 0 Å². The van der Waals surface area contributed by atoms with Crippen LogP contribution in [0, 0.1) is 6.92 Å². The number of carbonyl (C=O) groups is 1. The van der Waals surface area contributed by atoms with E-state index in [1.807, 2.05) is 50.2 Å². The molecule has 1 N–H and O–H groups in total. The maximum absolute atomic E-state index is 12.1. The third kappa shape index (κ3) is 4.88. The summed E-state index contributed by atoms with van der Waals surface area (Å²) in [5, 5.41) is 6.85. The standard InChI is InChI=1S/C21H23N3O4/c1-4-27-17-10-7-15(13-18(17)26-3)21-23-20(28-24-21)12-11-19(25)22-16-8-5-14(2)6-9-16/h5-10,13H,4,11-12H2,1-3H3,(H,22,25). The van der Waals surface area contributed by atoms with Crippen LogP contribution in [-0.2, 0) is 11.2 Å². The number of nitrogens with zero attached hydrogens (tertiary/aromatic N) is 2. The molecule has 146 valence electrons. The Labute approximate surface area is 163 Å². The molecule has 0 radical (unpaired) electrons. The number of benzene rings is 2. The van der Waals surface area contributed by atoms with Crippen molar-refractivity contribution in [1.29, 1.82) is 0 Å². The highest BCUT2D eigenvalue weighted by Crippen LogP contribution is 2.31. The summed E-state index contributed by atoms with van der Waals surface area (Å²) in [6, 6.07) is 13.1. The van der Waals surface area contributed by atoms with E-state index in [4.69, 9.17) is 14.0 Å². The molecule has 0 bridgehead atoms. The Kier molecular flexibility index (Phi) is 6.26. The second kappa shape index (κ2) is 9.03. The smallest absolute Gasteiger partial charge is 0.227 e. The van der Waals surface area contributed by atoms with Crippen molar-refractivity contribution in [3.8, 4) is 22.9 Å². The van der Waals surface area contributed by atoms with Crippen LogP contribution in [0.5, 0.6) is 11.5 Å². The zero-order chi connectivity index (χ0) is 19.9. The molecular formula is C21H23N3O4. The van der Waals surface area contributed by atoms with Crippen LogP contribution >= 0.6 is 0 Å². The number of carbonyl (C=O) groups excluding carboxylic acids is 1. The van der Waals surface area contributed by atoms with Gasteiger partial charge in [-0.1, -0.05) is 22.9 Å². The number of aryl methyl sites for hydroxylation is 2. The van der Waals surface area contributed by atoms with Gasteiger partial charge in [0.25, 0.3) is 0 Å². The Morgan fingerprint density at radius 1 is 1.14 bits per heavy atom. The predicted molar refractivity (Wildman–Crippen MR) is 106 cm³/mol. The molecule has 3 aromatic rings. The second-order valence-corrected chi connectivity index (χ2v) is 6.22. The number of hydrogen-bond donors (Lipinski definition) is 1. The van der Waals surface area contributed by atoms with Crippen LogP contribution in [0.25, 0.3) is 11.4 Å². The van der Waals surface area contributed by atoms with Crippen molar-refractivity contribution in [2.24, 2.45) is 0 Å². The molecule has 1 aromatic heterocycles. The van der Waals surface area contributed by atoms with Crippen LogP contribution in [0.4, 0.5) is 5.69 Å². The summed E-state index contributed by atoms with van der Waals surface area (Å²) in [4.78, 5) is 16.5. The first-order chi connectivity index (χ1) is 13.6. The molecule has 2 aromatic carbocycles. The maximum atomic E-state index is 12.1. The molecule has 0 atom stereocenters. The summed E-state index contributed by atoms with van der Waals surface area (Å²) < 4.78 is 16.1. The number of amides is 1. The van der Waals surface area contributed by atoms with Crippen molar-refractivity contribution in [3.63, 3.8) is 0 Å². The molecule has 28 heavy (non-hydrogen) atoms. The van der Waals surface area contributed by atoms with Gasteiger partial charge >= 0.3 is 0 Å². The van der Waals surface area contributed by atoms with Gasteiger partial charge in [0, 0.05) is 24.1 Å². The number of rotatable bonds is 8. The van der Waals surface area contributed by atoms with Crippen LogP contribution in [0.1, 0.15) is 24.8 Å². The number of nitrogens with one attached hydrogen (secondary N) is 1. The van der Waals surface area contributed by atoms with Crippen LogP contribution in [0.3, 0.4) is 0 Å². The first kappa shape index (κ1) is 19.4. The van der Waals surface area contributed by atoms with Crippen LogP contribution < -0.4 is 14.8 Å². The van der Waals surface area contributed by atoms with Crippen molar-refractivity contribution in [1.82, 2.24) is 10.1 Å². The van der Waals surface area contributed by atoms with Gasteiger partial charge in [0.2, 0.25) is 17.6 Å². The van der Waals surface area contributed by atoms with E-state index in [1.165, 1.54) is 0 Å². The Morgan fingerprint density at radius 3 is 2.64 bits per heavy atom. The van der Waals surface area contributed by atoms with Crippen molar-refractivity contribution in [2.75, 3.05) is 19.0 Å². The number of ether oxygens (including phenoxy) is 2. The Morgan fingerprint density at radius 2 is 1.93 bits per heavy atom. The van der Waals surface area contributed by atoms with Crippen molar-refractivity contribution in [3.05, 3.63) is 53.9 Å². The van der Waals surface area contributed by atoms with E-state index >= 15 is 0 Å². The van der Waals surface area contributed by atoms with E-state index in [0.29, 0.717) is 36.2 Å². The van der Waals surface area contributed by atoms with Gasteiger partial charge in [-0.15, -0.1) is 0 Å². The predicted octanol–water partition coefficient (Wildman–Crippen LogP) is 4.02. The van der Waals surface area contributed by atoms with E-state index in [0.717, 1.165) is 16.8 Å². The normalized spacial score (nSPS) is 10.5. The van der Waals surface area contributed by atoms with Crippen molar-refractivity contribution < 1.29 is 18.8 Å². The molecular weight excluding hydrogens is 358 g/mol. The SMILES string of the molecule is CCOc1ccc(-c2noc(CCC(=O)Nc3ccc(C)cc3)n2)cc1OC. The molecule has 1 heterocycles. The second-order valence-electron chi connectivity index (χ2n) is 6.22. The Bertz CT molecular complexity index is 935. The minimum atomic E-state index is -0.105. The molecule has 0 unspecified atom stereocenters. The summed E-state index contributed by atoms with van der Waals surface area (Å²) in [5.41, 5.74) is 2.66. The van der Waals surface area contributed by atoms with Gasteiger partial charge in [-0.2, -0.15) is 4.98 Å². The number of aromatic nitrogens is 2. The summed E-state index contributed by atoms with van der Waals surface area (Å²) in [5.74, 6) is 2.00. The fraction of sp³-hybridized carbons (Fsp3) is 0.286. The lowest BCUT2D eigenvalue weighted by Gasteiger charge is -2.09. The number of methoxy groups -OCH3 is 1. The highest BCUT2D eigenvalue weighted by molar-refractivity contribution is 5.90. The van der Waals surface area contributed by atoms with E-state index in [1.54, 1.807) is 13.2 Å². The molecule has 0 saturated heterocycles. The molecule has 0 aliphatic heterocycles. The minimum absolute atomic E-state index is 0.105. The molecule has 1 amide bonds. The third-order valence-electron chi connectivity index (χ3n) is 4.09. The number of hydrogen-bond acceptors (Lipinski definition) is 6.